The quantitative estimate of drug-likeness (QED) is 0.835. The van der Waals surface area contributed by atoms with Gasteiger partial charge in [-0.2, -0.15) is 5.26 Å². The fourth-order valence-electron chi connectivity index (χ4n) is 2.23. The van der Waals surface area contributed by atoms with Crippen LogP contribution in [0.5, 0.6) is 0 Å². The Morgan fingerprint density at radius 1 is 1.44 bits per heavy atom. The van der Waals surface area contributed by atoms with E-state index in [0.29, 0.717) is 18.2 Å². The van der Waals surface area contributed by atoms with Crippen LogP contribution in [-0.2, 0) is 6.54 Å². The molecule has 0 bridgehead atoms. The minimum Gasteiger partial charge on any atom is -0.310 e. The second-order valence-corrected chi connectivity index (χ2v) is 5.13. The Bertz CT molecular complexity index is 446. The zero-order valence-corrected chi connectivity index (χ0v) is 10.7. The molecular weight excluding hydrogens is 227 g/mol. The van der Waals surface area contributed by atoms with E-state index >= 15 is 0 Å². The second-order valence-electron chi connectivity index (χ2n) is 5.13. The first kappa shape index (κ1) is 13.0. The van der Waals surface area contributed by atoms with E-state index in [2.05, 4.69) is 12.2 Å². The molecule has 1 unspecified atom stereocenters. The molecule has 2 rings (SSSR count). The van der Waals surface area contributed by atoms with Gasteiger partial charge in [0.05, 0.1) is 11.6 Å². The maximum absolute atomic E-state index is 13.3. The minimum atomic E-state index is -0.332. The van der Waals surface area contributed by atoms with Gasteiger partial charge in [-0.05, 0) is 42.5 Å². The van der Waals surface area contributed by atoms with Crippen LogP contribution in [0.2, 0.25) is 0 Å². The first-order chi connectivity index (χ1) is 8.71. The number of hydrogen-bond donors (Lipinski definition) is 1. The van der Waals surface area contributed by atoms with Crippen molar-refractivity contribution in [2.24, 2.45) is 5.92 Å². The Morgan fingerprint density at radius 2 is 2.22 bits per heavy atom. The first-order valence-corrected chi connectivity index (χ1v) is 6.64. The zero-order chi connectivity index (χ0) is 13.0. The van der Waals surface area contributed by atoms with Crippen LogP contribution in [0.1, 0.15) is 43.7 Å². The van der Waals surface area contributed by atoms with E-state index in [1.165, 1.54) is 31.4 Å². The predicted octanol–water partition coefficient (Wildman–Crippen LogP) is 3.37. The van der Waals surface area contributed by atoms with Crippen LogP contribution in [0.4, 0.5) is 4.39 Å². The van der Waals surface area contributed by atoms with Crippen molar-refractivity contribution >= 4 is 0 Å². The lowest BCUT2D eigenvalue weighted by Crippen LogP contribution is -2.28. The summed E-state index contributed by atoms with van der Waals surface area (Å²) in [7, 11) is 0. The molecule has 0 heterocycles. The Morgan fingerprint density at radius 3 is 2.83 bits per heavy atom. The molecule has 1 aliphatic carbocycles. The van der Waals surface area contributed by atoms with E-state index in [1.807, 2.05) is 6.07 Å². The van der Waals surface area contributed by atoms with E-state index in [-0.39, 0.29) is 5.82 Å². The van der Waals surface area contributed by atoms with Gasteiger partial charge in [-0.15, -0.1) is 0 Å². The normalized spacial score (nSPS) is 16.3. The predicted molar refractivity (Wildman–Crippen MR) is 69.4 cm³/mol. The van der Waals surface area contributed by atoms with Gasteiger partial charge in [-0.25, -0.2) is 4.39 Å². The molecule has 0 spiro atoms. The largest absolute Gasteiger partial charge is 0.310 e. The van der Waals surface area contributed by atoms with Crippen molar-refractivity contribution in [2.45, 2.75) is 45.2 Å². The van der Waals surface area contributed by atoms with Crippen molar-refractivity contribution in [1.82, 2.24) is 5.32 Å². The standard InChI is InChI=1S/C15H19FN2/c1-2-15(8-11-3-4-11)18-10-13-5-12(9-17)6-14(16)7-13/h5-7,11,15,18H,2-4,8,10H2,1H3. The monoisotopic (exact) mass is 246 g/mol. The molecule has 1 saturated carbocycles. The summed E-state index contributed by atoms with van der Waals surface area (Å²) in [6.45, 7) is 2.81. The Labute approximate surface area is 108 Å². The Balaban J connectivity index is 1.91. The highest BCUT2D eigenvalue weighted by Crippen LogP contribution is 2.34. The molecule has 0 saturated heterocycles. The van der Waals surface area contributed by atoms with E-state index in [9.17, 15) is 4.39 Å². The number of nitrogens with one attached hydrogen (secondary N) is 1. The number of halogens is 1. The lowest BCUT2D eigenvalue weighted by Gasteiger charge is -2.16. The van der Waals surface area contributed by atoms with E-state index in [0.717, 1.165) is 17.9 Å². The third-order valence-corrected chi connectivity index (χ3v) is 3.49. The van der Waals surface area contributed by atoms with Crippen LogP contribution in [0.15, 0.2) is 18.2 Å². The molecule has 0 amide bonds. The molecule has 1 aromatic carbocycles. The van der Waals surface area contributed by atoms with Crippen molar-refractivity contribution in [3.8, 4) is 6.07 Å². The maximum atomic E-state index is 13.3. The summed E-state index contributed by atoms with van der Waals surface area (Å²) in [6, 6.07) is 7.01. The highest BCUT2D eigenvalue weighted by Gasteiger charge is 2.24. The Kier molecular flexibility index (Phi) is 4.33. The van der Waals surface area contributed by atoms with Crippen molar-refractivity contribution in [3.63, 3.8) is 0 Å². The van der Waals surface area contributed by atoms with Gasteiger partial charge in [-0.1, -0.05) is 19.8 Å². The number of nitrogens with zero attached hydrogens (tertiary/aromatic N) is 1. The van der Waals surface area contributed by atoms with Crippen molar-refractivity contribution in [1.29, 1.82) is 5.26 Å². The van der Waals surface area contributed by atoms with Gasteiger partial charge < -0.3 is 5.32 Å². The summed E-state index contributed by atoms with van der Waals surface area (Å²) in [4.78, 5) is 0. The molecule has 3 heteroatoms. The fourth-order valence-corrected chi connectivity index (χ4v) is 2.23. The SMILES string of the molecule is CCC(CC1CC1)NCc1cc(F)cc(C#N)c1. The fraction of sp³-hybridized carbons (Fsp3) is 0.533. The third-order valence-electron chi connectivity index (χ3n) is 3.49. The van der Waals surface area contributed by atoms with Crippen LogP contribution in [-0.4, -0.2) is 6.04 Å². The van der Waals surface area contributed by atoms with Crippen molar-refractivity contribution < 1.29 is 4.39 Å². The molecule has 1 aromatic rings. The molecule has 0 aliphatic heterocycles. The number of benzene rings is 1. The summed E-state index contributed by atoms with van der Waals surface area (Å²) in [5.74, 6) is 0.561. The lowest BCUT2D eigenvalue weighted by atomic mass is 10.1. The highest BCUT2D eigenvalue weighted by molar-refractivity contribution is 5.33. The van der Waals surface area contributed by atoms with Gasteiger partial charge in [0.1, 0.15) is 5.82 Å². The van der Waals surface area contributed by atoms with Gasteiger partial charge >= 0.3 is 0 Å². The molecule has 0 radical (unpaired) electrons. The molecule has 1 atom stereocenters. The van der Waals surface area contributed by atoms with Crippen LogP contribution >= 0.6 is 0 Å². The lowest BCUT2D eigenvalue weighted by molar-refractivity contribution is 0.444. The van der Waals surface area contributed by atoms with E-state index in [1.54, 1.807) is 6.07 Å². The highest BCUT2D eigenvalue weighted by atomic mass is 19.1. The minimum absolute atomic E-state index is 0.332. The average molecular weight is 246 g/mol. The summed E-state index contributed by atoms with van der Waals surface area (Å²) in [5.41, 5.74) is 1.24. The van der Waals surface area contributed by atoms with Gasteiger partial charge in [-0.3, -0.25) is 0 Å². The van der Waals surface area contributed by atoms with E-state index < -0.39 is 0 Å². The van der Waals surface area contributed by atoms with Gasteiger partial charge in [0.15, 0.2) is 0 Å². The number of nitriles is 1. The van der Waals surface area contributed by atoms with Crippen molar-refractivity contribution in [2.75, 3.05) is 0 Å². The summed E-state index contributed by atoms with van der Waals surface area (Å²) in [5, 5.41) is 12.3. The molecular formula is C15H19FN2. The Hall–Kier alpha value is -1.40. The van der Waals surface area contributed by atoms with Crippen LogP contribution in [0, 0.1) is 23.1 Å². The zero-order valence-electron chi connectivity index (χ0n) is 10.7. The molecule has 1 aliphatic rings. The molecule has 1 fully saturated rings. The van der Waals surface area contributed by atoms with Gasteiger partial charge in [0.25, 0.3) is 0 Å². The van der Waals surface area contributed by atoms with Gasteiger partial charge in [0, 0.05) is 12.6 Å². The van der Waals surface area contributed by atoms with E-state index in [4.69, 9.17) is 5.26 Å². The number of rotatable bonds is 6. The smallest absolute Gasteiger partial charge is 0.124 e. The van der Waals surface area contributed by atoms with Crippen LogP contribution in [0.25, 0.3) is 0 Å². The molecule has 96 valence electrons. The summed E-state index contributed by atoms with van der Waals surface area (Å²) < 4.78 is 13.3. The van der Waals surface area contributed by atoms with Gasteiger partial charge in [0.2, 0.25) is 0 Å². The first-order valence-electron chi connectivity index (χ1n) is 6.64. The number of hydrogen-bond acceptors (Lipinski definition) is 2. The van der Waals surface area contributed by atoms with Crippen LogP contribution < -0.4 is 5.32 Å². The molecule has 2 nitrogen and oxygen atoms in total. The van der Waals surface area contributed by atoms with Crippen molar-refractivity contribution in [3.05, 3.63) is 35.1 Å². The summed E-state index contributed by atoms with van der Waals surface area (Å²) in [6.07, 6.45) is 5.03. The average Bonchev–Trinajstić information content (AvgIpc) is 3.17. The third kappa shape index (κ3) is 3.82. The topological polar surface area (TPSA) is 35.8 Å². The second kappa shape index (κ2) is 5.97. The summed E-state index contributed by atoms with van der Waals surface area (Å²) >= 11 is 0. The maximum Gasteiger partial charge on any atom is 0.124 e. The van der Waals surface area contributed by atoms with Crippen LogP contribution in [0.3, 0.4) is 0 Å². The molecule has 1 N–H and O–H groups in total. The molecule has 18 heavy (non-hydrogen) atoms. The molecule has 0 aromatic heterocycles.